The molecule has 1 fully saturated rings. The van der Waals surface area contributed by atoms with Gasteiger partial charge >= 0.3 is 6.03 Å². The Morgan fingerprint density at radius 1 is 1.16 bits per heavy atom. The van der Waals surface area contributed by atoms with E-state index in [1.54, 1.807) is 12.1 Å². The van der Waals surface area contributed by atoms with Gasteiger partial charge in [-0.25, -0.2) is 17.9 Å². The first kappa shape index (κ1) is 23.5. The van der Waals surface area contributed by atoms with Crippen LogP contribution in [0, 0.1) is 11.5 Å². The van der Waals surface area contributed by atoms with Crippen molar-refractivity contribution in [1.29, 1.82) is 5.26 Å². The number of amides is 2. The number of hydrogen-bond acceptors (Lipinski definition) is 5. The van der Waals surface area contributed by atoms with Gasteiger partial charge in [0, 0.05) is 34.6 Å². The second kappa shape index (κ2) is 10.5. The SMILES string of the molecule is N#CN1C[C@H](NS(=O)(=O)c2cc(Br)ccc2Br)C[C@@H]1CNC(=O)NCc1ccccc1. The van der Waals surface area contributed by atoms with Crippen LogP contribution in [0.25, 0.3) is 0 Å². The number of hydrogen-bond donors (Lipinski definition) is 3. The summed E-state index contributed by atoms with van der Waals surface area (Å²) < 4.78 is 29.4. The summed E-state index contributed by atoms with van der Waals surface area (Å²) in [6.45, 7) is 0.857. The van der Waals surface area contributed by atoms with Crippen molar-refractivity contribution in [2.75, 3.05) is 13.1 Å². The molecule has 11 heteroatoms. The highest BCUT2D eigenvalue weighted by Gasteiger charge is 2.35. The van der Waals surface area contributed by atoms with Crippen molar-refractivity contribution in [1.82, 2.24) is 20.3 Å². The Balaban J connectivity index is 1.55. The molecular weight excluding hydrogens is 550 g/mol. The highest BCUT2D eigenvalue weighted by atomic mass is 79.9. The van der Waals surface area contributed by atoms with E-state index in [0.29, 0.717) is 21.9 Å². The first-order valence-electron chi connectivity index (χ1n) is 9.48. The molecule has 2 amide bonds. The van der Waals surface area contributed by atoms with E-state index in [-0.39, 0.29) is 30.1 Å². The second-order valence-corrected chi connectivity index (χ2v) is 10.5. The van der Waals surface area contributed by atoms with Crippen LogP contribution in [0.2, 0.25) is 0 Å². The smallest absolute Gasteiger partial charge is 0.315 e. The van der Waals surface area contributed by atoms with Crippen molar-refractivity contribution in [3.63, 3.8) is 0 Å². The maximum atomic E-state index is 12.8. The van der Waals surface area contributed by atoms with E-state index in [1.807, 2.05) is 30.3 Å². The molecule has 8 nitrogen and oxygen atoms in total. The summed E-state index contributed by atoms with van der Waals surface area (Å²) in [5.41, 5.74) is 0.977. The normalized spacial score (nSPS) is 18.4. The van der Waals surface area contributed by atoms with Crippen LogP contribution in [-0.2, 0) is 16.6 Å². The molecule has 1 aliphatic rings. The predicted octanol–water partition coefficient (Wildman–Crippen LogP) is 2.91. The Bertz CT molecular complexity index is 1080. The Morgan fingerprint density at radius 2 is 1.90 bits per heavy atom. The number of benzene rings is 2. The summed E-state index contributed by atoms with van der Waals surface area (Å²) in [4.78, 5) is 13.7. The maximum absolute atomic E-state index is 12.8. The lowest BCUT2D eigenvalue weighted by Crippen LogP contribution is -2.42. The minimum Gasteiger partial charge on any atom is -0.336 e. The van der Waals surface area contributed by atoms with E-state index >= 15 is 0 Å². The predicted molar refractivity (Wildman–Crippen MR) is 123 cm³/mol. The average molecular weight is 571 g/mol. The summed E-state index contributed by atoms with van der Waals surface area (Å²) >= 11 is 6.55. The summed E-state index contributed by atoms with van der Waals surface area (Å²) in [6.07, 6.45) is 2.48. The van der Waals surface area contributed by atoms with Crippen LogP contribution in [0.3, 0.4) is 0 Å². The third-order valence-electron chi connectivity index (χ3n) is 4.84. The van der Waals surface area contributed by atoms with E-state index in [4.69, 9.17) is 0 Å². The van der Waals surface area contributed by atoms with Gasteiger partial charge in [0.1, 0.15) is 0 Å². The number of carbonyl (C=O) groups is 1. The van der Waals surface area contributed by atoms with Crippen LogP contribution in [0.5, 0.6) is 0 Å². The van der Waals surface area contributed by atoms with E-state index in [1.165, 1.54) is 11.0 Å². The molecule has 3 N–H and O–H groups in total. The van der Waals surface area contributed by atoms with Crippen LogP contribution >= 0.6 is 31.9 Å². The van der Waals surface area contributed by atoms with Crippen molar-refractivity contribution < 1.29 is 13.2 Å². The van der Waals surface area contributed by atoms with Gasteiger partial charge in [-0.05, 0) is 46.1 Å². The zero-order valence-electron chi connectivity index (χ0n) is 16.4. The first-order valence-corrected chi connectivity index (χ1v) is 12.5. The van der Waals surface area contributed by atoms with Crippen LogP contribution in [0.1, 0.15) is 12.0 Å². The lowest BCUT2D eigenvalue weighted by molar-refractivity contribution is 0.236. The minimum atomic E-state index is -3.79. The number of carbonyl (C=O) groups excluding carboxylic acids is 1. The van der Waals surface area contributed by atoms with Gasteiger partial charge in [0.15, 0.2) is 6.19 Å². The summed E-state index contributed by atoms with van der Waals surface area (Å²) in [7, 11) is -3.79. The van der Waals surface area contributed by atoms with Crippen LogP contribution in [-0.4, -0.2) is 44.5 Å². The standard InChI is InChI=1S/C20H21Br2N5O3S/c21-15-6-7-18(22)19(8-15)31(29,30)26-16-9-17(27(12-16)13-23)11-25-20(28)24-10-14-4-2-1-3-5-14/h1-8,16-17,26H,9-12H2,(H2,24,25,28)/t16-,17-/m1/s1. The van der Waals surface area contributed by atoms with E-state index in [9.17, 15) is 18.5 Å². The Morgan fingerprint density at radius 3 is 2.61 bits per heavy atom. The fourth-order valence-corrected chi connectivity index (χ4v) is 6.08. The molecule has 0 aromatic heterocycles. The number of likely N-dealkylation sites (tertiary alicyclic amines) is 1. The fourth-order valence-electron chi connectivity index (χ4n) is 3.34. The molecular formula is C20H21Br2N5O3S. The van der Waals surface area contributed by atoms with E-state index < -0.39 is 16.1 Å². The summed E-state index contributed by atoms with van der Waals surface area (Å²) in [6, 6.07) is 13.3. The molecule has 2 aromatic rings. The summed E-state index contributed by atoms with van der Waals surface area (Å²) in [5, 5.41) is 14.9. The number of halogens is 2. The van der Waals surface area contributed by atoms with Gasteiger partial charge in [-0.15, -0.1) is 0 Å². The van der Waals surface area contributed by atoms with Crippen molar-refractivity contribution in [2.45, 2.75) is 29.9 Å². The lowest BCUT2D eigenvalue weighted by Gasteiger charge is -2.18. The highest BCUT2D eigenvalue weighted by Crippen LogP contribution is 2.27. The molecule has 0 spiro atoms. The molecule has 2 aromatic carbocycles. The molecule has 0 saturated carbocycles. The van der Waals surface area contributed by atoms with E-state index in [2.05, 4.69) is 53.4 Å². The molecule has 2 atom stereocenters. The third kappa shape index (κ3) is 6.43. The zero-order chi connectivity index (χ0) is 22.4. The van der Waals surface area contributed by atoms with Gasteiger partial charge in [-0.3, -0.25) is 0 Å². The van der Waals surface area contributed by atoms with Gasteiger partial charge in [-0.2, -0.15) is 5.26 Å². The average Bonchev–Trinajstić information content (AvgIpc) is 3.14. The first-order chi connectivity index (χ1) is 14.8. The molecule has 1 aliphatic heterocycles. The number of nitriles is 1. The molecule has 164 valence electrons. The number of nitrogens with one attached hydrogen (secondary N) is 3. The van der Waals surface area contributed by atoms with Gasteiger partial charge in [0.25, 0.3) is 0 Å². The Hall–Kier alpha value is -2.13. The van der Waals surface area contributed by atoms with Gasteiger partial charge in [0.2, 0.25) is 10.0 Å². The molecule has 3 rings (SSSR count). The highest BCUT2D eigenvalue weighted by molar-refractivity contribution is 9.11. The molecule has 31 heavy (non-hydrogen) atoms. The van der Waals surface area contributed by atoms with Gasteiger partial charge < -0.3 is 15.5 Å². The Kier molecular flexibility index (Phi) is 7.94. The zero-order valence-corrected chi connectivity index (χ0v) is 20.4. The number of rotatable bonds is 7. The molecule has 1 saturated heterocycles. The van der Waals surface area contributed by atoms with Crippen molar-refractivity contribution in [3.05, 3.63) is 63.0 Å². The quantitative estimate of drug-likeness (QED) is 0.443. The van der Waals surface area contributed by atoms with Crippen molar-refractivity contribution in [2.24, 2.45) is 0 Å². The molecule has 0 bridgehead atoms. The third-order valence-corrected chi connectivity index (χ3v) is 7.85. The van der Waals surface area contributed by atoms with Crippen LogP contribution in [0.15, 0.2) is 62.4 Å². The Labute approximate surface area is 198 Å². The minimum absolute atomic E-state index is 0.118. The van der Waals surface area contributed by atoms with Crippen LogP contribution in [0.4, 0.5) is 4.79 Å². The number of urea groups is 1. The van der Waals surface area contributed by atoms with Crippen molar-refractivity contribution >= 4 is 47.9 Å². The monoisotopic (exact) mass is 569 g/mol. The molecule has 0 radical (unpaired) electrons. The number of sulfonamides is 1. The molecule has 1 heterocycles. The largest absolute Gasteiger partial charge is 0.336 e. The second-order valence-electron chi connectivity index (χ2n) is 7.08. The van der Waals surface area contributed by atoms with Crippen molar-refractivity contribution in [3.8, 4) is 6.19 Å². The fraction of sp³-hybridized carbons (Fsp3) is 0.300. The van der Waals surface area contributed by atoms with E-state index in [0.717, 1.165) is 5.56 Å². The van der Waals surface area contributed by atoms with Gasteiger partial charge in [0.05, 0.1) is 10.9 Å². The maximum Gasteiger partial charge on any atom is 0.315 e. The van der Waals surface area contributed by atoms with Crippen LogP contribution < -0.4 is 15.4 Å². The topological polar surface area (TPSA) is 114 Å². The summed E-state index contributed by atoms with van der Waals surface area (Å²) in [5.74, 6) is 0. The molecule has 0 aliphatic carbocycles. The molecule has 0 unspecified atom stereocenters. The van der Waals surface area contributed by atoms with Gasteiger partial charge in [-0.1, -0.05) is 46.3 Å². The lowest BCUT2D eigenvalue weighted by atomic mass is 10.2. The number of nitrogens with zero attached hydrogens (tertiary/aromatic N) is 2.